The van der Waals surface area contributed by atoms with E-state index in [0.29, 0.717) is 38.2 Å². The summed E-state index contributed by atoms with van der Waals surface area (Å²) in [5.74, 6) is -0.541. The number of rotatable bonds is 7. The summed E-state index contributed by atoms with van der Waals surface area (Å²) < 4.78 is 11.0. The van der Waals surface area contributed by atoms with Gasteiger partial charge in [0, 0.05) is 19.8 Å². The highest BCUT2D eigenvalue weighted by molar-refractivity contribution is 5.82. The normalized spacial score (nSPS) is 17.8. The number of carbonyl (C=O) groups excluding carboxylic acids is 1. The zero-order valence-corrected chi connectivity index (χ0v) is 14.2. The molecule has 1 heterocycles. The molecule has 1 atom stereocenters. The summed E-state index contributed by atoms with van der Waals surface area (Å²) in [6, 6.07) is 7.50. The summed E-state index contributed by atoms with van der Waals surface area (Å²) in [6.07, 6.45) is 0.664. The van der Waals surface area contributed by atoms with Gasteiger partial charge in [0.15, 0.2) is 6.10 Å². The molecular formula is C18H25NO5. The van der Waals surface area contributed by atoms with Crippen molar-refractivity contribution in [2.24, 2.45) is 5.41 Å². The maximum atomic E-state index is 12.4. The van der Waals surface area contributed by atoms with Gasteiger partial charge in [-0.1, -0.05) is 19.1 Å². The van der Waals surface area contributed by atoms with Gasteiger partial charge in [0.1, 0.15) is 5.75 Å². The summed E-state index contributed by atoms with van der Waals surface area (Å²) in [4.78, 5) is 24.0. The minimum atomic E-state index is -0.949. The van der Waals surface area contributed by atoms with E-state index in [1.807, 2.05) is 32.0 Å². The van der Waals surface area contributed by atoms with E-state index >= 15 is 0 Å². The molecule has 6 nitrogen and oxygen atoms in total. The number of benzene rings is 1. The van der Waals surface area contributed by atoms with Crippen molar-refractivity contribution in [2.75, 3.05) is 19.8 Å². The lowest BCUT2D eigenvalue weighted by Crippen LogP contribution is -2.49. The average molecular weight is 335 g/mol. The minimum Gasteiger partial charge on any atom is -0.481 e. The van der Waals surface area contributed by atoms with Gasteiger partial charge in [-0.15, -0.1) is 0 Å². The Morgan fingerprint density at radius 2 is 2.08 bits per heavy atom. The lowest BCUT2D eigenvalue weighted by molar-refractivity contribution is -0.155. The topological polar surface area (TPSA) is 84.9 Å². The second-order valence-corrected chi connectivity index (χ2v) is 6.25. The summed E-state index contributed by atoms with van der Waals surface area (Å²) >= 11 is 0. The summed E-state index contributed by atoms with van der Waals surface area (Å²) in [5, 5.41) is 12.3. The first-order valence-corrected chi connectivity index (χ1v) is 8.29. The number of aryl methyl sites for hydroxylation is 1. The predicted octanol–water partition coefficient (Wildman–Crippen LogP) is 2.15. The highest BCUT2D eigenvalue weighted by Gasteiger charge is 2.40. The highest BCUT2D eigenvalue weighted by atomic mass is 16.5. The number of carboxylic acid groups (broad SMARTS) is 1. The smallest absolute Gasteiger partial charge is 0.311 e. The summed E-state index contributed by atoms with van der Waals surface area (Å²) in [5.41, 5.74) is 0.102. The third-order valence-corrected chi connectivity index (χ3v) is 4.44. The van der Waals surface area contributed by atoms with Crippen LogP contribution in [0, 0.1) is 12.3 Å². The van der Waals surface area contributed by atoms with Crippen LogP contribution >= 0.6 is 0 Å². The number of carboxylic acids is 1. The standard InChI is InChI=1S/C18H25NO5/c1-3-15(24-14-6-4-5-13(2)11-14)16(20)19-12-18(17(21)22)7-9-23-10-8-18/h4-6,11,15H,3,7-10,12H2,1-2H3,(H,19,20)(H,21,22). The van der Waals surface area contributed by atoms with Gasteiger partial charge in [-0.2, -0.15) is 0 Å². The zero-order valence-electron chi connectivity index (χ0n) is 14.2. The molecule has 2 rings (SSSR count). The van der Waals surface area contributed by atoms with Gasteiger partial charge in [0.05, 0.1) is 5.41 Å². The first-order valence-electron chi connectivity index (χ1n) is 8.29. The van der Waals surface area contributed by atoms with Crippen molar-refractivity contribution >= 4 is 11.9 Å². The largest absolute Gasteiger partial charge is 0.481 e. The molecule has 0 aliphatic carbocycles. The maximum absolute atomic E-state index is 12.4. The van der Waals surface area contributed by atoms with Gasteiger partial charge in [0.25, 0.3) is 5.91 Å². The maximum Gasteiger partial charge on any atom is 0.311 e. The monoisotopic (exact) mass is 335 g/mol. The van der Waals surface area contributed by atoms with E-state index in [4.69, 9.17) is 9.47 Å². The molecule has 1 fully saturated rings. The second-order valence-electron chi connectivity index (χ2n) is 6.25. The van der Waals surface area contributed by atoms with Crippen molar-refractivity contribution in [1.82, 2.24) is 5.32 Å². The molecule has 1 aliphatic heterocycles. The third-order valence-electron chi connectivity index (χ3n) is 4.44. The SMILES string of the molecule is CCC(Oc1cccc(C)c1)C(=O)NCC1(C(=O)O)CCOCC1. The molecule has 0 spiro atoms. The molecule has 0 bridgehead atoms. The molecule has 2 N–H and O–H groups in total. The van der Waals surface area contributed by atoms with Crippen LogP contribution < -0.4 is 10.1 Å². The zero-order chi connectivity index (χ0) is 17.6. The van der Waals surface area contributed by atoms with E-state index in [1.165, 1.54) is 0 Å². The molecule has 0 aromatic heterocycles. The summed E-state index contributed by atoms with van der Waals surface area (Å²) in [6.45, 7) is 4.72. The van der Waals surface area contributed by atoms with Gasteiger partial charge in [-0.05, 0) is 43.9 Å². The fourth-order valence-electron chi connectivity index (χ4n) is 2.77. The Kier molecular flexibility index (Phi) is 6.20. The second kappa shape index (κ2) is 8.15. The van der Waals surface area contributed by atoms with Crippen molar-refractivity contribution in [3.63, 3.8) is 0 Å². The fourth-order valence-corrected chi connectivity index (χ4v) is 2.77. The molecule has 1 saturated heterocycles. The Bertz CT molecular complexity index is 581. The molecule has 1 aliphatic rings. The van der Waals surface area contributed by atoms with Crippen LogP contribution in [0.3, 0.4) is 0 Å². The molecule has 132 valence electrons. The molecule has 0 saturated carbocycles. The lowest BCUT2D eigenvalue weighted by Gasteiger charge is -2.33. The van der Waals surface area contributed by atoms with E-state index in [9.17, 15) is 14.7 Å². The number of ether oxygens (including phenoxy) is 2. The molecule has 1 unspecified atom stereocenters. The highest BCUT2D eigenvalue weighted by Crippen LogP contribution is 2.30. The van der Waals surface area contributed by atoms with E-state index in [1.54, 1.807) is 6.07 Å². The fraction of sp³-hybridized carbons (Fsp3) is 0.556. The number of nitrogens with one attached hydrogen (secondary N) is 1. The predicted molar refractivity (Wildman–Crippen MR) is 89.0 cm³/mol. The van der Waals surface area contributed by atoms with E-state index in [0.717, 1.165) is 5.56 Å². The first-order chi connectivity index (χ1) is 11.5. The van der Waals surface area contributed by atoms with Crippen LogP contribution in [0.4, 0.5) is 0 Å². The molecular weight excluding hydrogens is 310 g/mol. The van der Waals surface area contributed by atoms with E-state index in [-0.39, 0.29) is 12.5 Å². The van der Waals surface area contributed by atoms with Crippen LogP contribution in [0.2, 0.25) is 0 Å². The van der Waals surface area contributed by atoms with Gasteiger partial charge in [-0.3, -0.25) is 9.59 Å². The number of aliphatic carboxylic acids is 1. The van der Waals surface area contributed by atoms with Crippen molar-refractivity contribution < 1.29 is 24.2 Å². The molecule has 1 amide bonds. The lowest BCUT2D eigenvalue weighted by atomic mass is 9.80. The van der Waals surface area contributed by atoms with E-state index in [2.05, 4.69) is 5.32 Å². The van der Waals surface area contributed by atoms with Crippen LogP contribution in [-0.2, 0) is 14.3 Å². The summed E-state index contributed by atoms with van der Waals surface area (Å²) in [7, 11) is 0. The van der Waals surface area contributed by atoms with Crippen molar-refractivity contribution in [1.29, 1.82) is 0 Å². The van der Waals surface area contributed by atoms with Crippen LogP contribution in [0.1, 0.15) is 31.7 Å². The molecule has 24 heavy (non-hydrogen) atoms. The quantitative estimate of drug-likeness (QED) is 0.797. The number of amides is 1. The molecule has 1 aromatic carbocycles. The van der Waals surface area contributed by atoms with Crippen LogP contribution in [-0.4, -0.2) is 42.8 Å². The van der Waals surface area contributed by atoms with Gasteiger partial charge >= 0.3 is 5.97 Å². The number of hydrogen-bond donors (Lipinski definition) is 2. The van der Waals surface area contributed by atoms with Crippen LogP contribution in [0.15, 0.2) is 24.3 Å². The van der Waals surface area contributed by atoms with Crippen molar-refractivity contribution in [2.45, 2.75) is 39.2 Å². The number of hydrogen-bond acceptors (Lipinski definition) is 4. The van der Waals surface area contributed by atoms with Gasteiger partial charge in [-0.25, -0.2) is 0 Å². The molecule has 1 aromatic rings. The van der Waals surface area contributed by atoms with Gasteiger partial charge in [0.2, 0.25) is 0 Å². The Hall–Kier alpha value is -2.08. The van der Waals surface area contributed by atoms with Crippen LogP contribution in [0.25, 0.3) is 0 Å². The Morgan fingerprint density at radius 3 is 2.67 bits per heavy atom. The van der Waals surface area contributed by atoms with Crippen LogP contribution in [0.5, 0.6) is 5.75 Å². The molecule has 0 radical (unpaired) electrons. The first kappa shape index (κ1) is 18.3. The number of carbonyl (C=O) groups is 2. The minimum absolute atomic E-state index is 0.0954. The Labute approximate surface area is 142 Å². The van der Waals surface area contributed by atoms with Gasteiger partial charge < -0.3 is 19.9 Å². The third kappa shape index (κ3) is 4.47. The molecule has 6 heteroatoms. The Morgan fingerprint density at radius 1 is 1.38 bits per heavy atom. The average Bonchev–Trinajstić information content (AvgIpc) is 2.58. The van der Waals surface area contributed by atoms with Crippen molar-refractivity contribution in [3.8, 4) is 5.75 Å². The van der Waals surface area contributed by atoms with E-state index < -0.39 is 17.5 Å². The van der Waals surface area contributed by atoms with Crippen molar-refractivity contribution in [3.05, 3.63) is 29.8 Å². The Balaban J connectivity index is 1.97.